The van der Waals surface area contributed by atoms with E-state index in [4.69, 9.17) is 17.0 Å². The fraction of sp³-hybridized carbons (Fsp3) is 0.118. The molecule has 2 aromatic rings. The Morgan fingerprint density at radius 1 is 1.08 bits per heavy atom. The zero-order valence-electron chi connectivity index (χ0n) is 13.6. The van der Waals surface area contributed by atoms with Crippen molar-refractivity contribution in [2.45, 2.75) is 6.92 Å². The molecule has 0 heterocycles. The lowest BCUT2D eigenvalue weighted by Gasteiger charge is -2.12. The van der Waals surface area contributed by atoms with Gasteiger partial charge in [0, 0.05) is 8.95 Å². The fourth-order valence-corrected chi connectivity index (χ4v) is 2.72. The molecule has 136 valence electrons. The molecule has 0 aromatic heterocycles. The first-order chi connectivity index (χ1) is 12.4. The molecule has 0 fully saturated rings. The molecule has 0 radical (unpaired) electrons. The number of hydrogen-bond donors (Lipinski definition) is 3. The van der Waals surface area contributed by atoms with E-state index in [0.717, 1.165) is 10.0 Å². The van der Waals surface area contributed by atoms with Gasteiger partial charge >= 0.3 is 0 Å². The second-order valence-electron chi connectivity index (χ2n) is 5.14. The van der Waals surface area contributed by atoms with Crippen LogP contribution in [0.4, 0.5) is 0 Å². The summed E-state index contributed by atoms with van der Waals surface area (Å²) in [6, 6.07) is 12.3. The number of rotatable bonds is 4. The minimum atomic E-state index is -0.442. The topological polar surface area (TPSA) is 79.5 Å². The van der Waals surface area contributed by atoms with Gasteiger partial charge in [-0.25, -0.2) is 0 Å². The molecule has 0 aliphatic heterocycles. The summed E-state index contributed by atoms with van der Waals surface area (Å²) in [7, 11) is 0. The lowest BCUT2D eigenvalue weighted by molar-refractivity contribution is -0.123. The third-order valence-corrected chi connectivity index (χ3v) is 4.95. The average Bonchev–Trinajstić information content (AvgIpc) is 2.61. The average molecular weight is 501 g/mol. The molecule has 2 aromatic carbocycles. The third kappa shape index (κ3) is 6.08. The molecule has 6 nitrogen and oxygen atoms in total. The normalized spacial score (nSPS) is 9.96. The molecular formula is C17H15Br2N3O3S. The Balaban J connectivity index is 1.76. The highest BCUT2D eigenvalue weighted by atomic mass is 79.9. The Bertz CT molecular complexity index is 846. The molecule has 2 rings (SSSR count). The van der Waals surface area contributed by atoms with Crippen molar-refractivity contribution in [2.24, 2.45) is 0 Å². The van der Waals surface area contributed by atoms with Crippen LogP contribution in [0, 0.1) is 6.92 Å². The van der Waals surface area contributed by atoms with Gasteiger partial charge in [0.05, 0.1) is 5.56 Å². The molecule has 0 atom stereocenters. The van der Waals surface area contributed by atoms with Crippen molar-refractivity contribution < 1.29 is 14.3 Å². The van der Waals surface area contributed by atoms with Gasteiger partial charge in [0.25, 0.3) is 11.8 Å². The Labute approximate surface area is 172 Å². The molecule has 0 saturated carbocycles. The van der Waals surface area contributed by atoms with E-state index in [2.05, 4.69) is 48.0 Å². The first-order valence-electron chi connectivity index (χ1n) is 7.40. The Kier molecular flexibility index (Phi) is 7.55. The van der Waals surface area contributed by atoms with Crippen LogP contribution in [0.15, 0.2) is 51.4 Å². The number of benzene rings is 2. The molecule has 2 amide bonds. The fourth-order valence-electron chi connectivity index (χ4n) is 1.87. The summed E-state index contributed by atoms with van der Waals surface area (Å²) < 4.78 is 6.99. The second-order valence-corrected chi connectivity index (χ2v) is 7.25. The van der Waals surface area contributed by atoms with Crippen molar-refractivity contribution in [3.8, 4) is 5.75 Å². The first kappa shape index (κ1) is 20.3. The van der Waals surface area contributed by atoms with Crippen LogP contribution in [-0.2, 0) is 4.79 Å². The number of hydrazine groups is 1. The van der Waals surface area contributed by atoms with E-state index < -0.39 is 11.8 Å². The Hall–Kier alpha value is -1.97. The lowest BCUT2D eigenvalue weighted by atomic mass is 10.2. The van der Waals surface area contributed by atoms with Crippen LogP contribution < -0.4 is 20.9 Å². The number of thiocarbonyl (C=S) groups is 1. The second kappa shape index (κ2) is 9.65. The first-order valence-corrected chi connectivity index (χ1v) is 9.40. The van der Waals surface area contributed by atoms with Gasteiger partial charge in [0.2, 0.25) is 0 Å². The molecule has 0 aliphatic carbocycles. The van der Waals surface area contributed by atoms with Gasteiger partial charge in [-0.05, 0) is 71.0 Å². The van der Waals surface area contributed by atoms with Gasteiger partial charge in [-0.15, -0.1) is 0 Å². The maximum Gasteiger partial charge on any atom is 0.276 e. The van der Waals surface area contributed by atoms with Crippen LogP contribution in [0.1, 0.15) is 15.9 Å². The summed E-state index contributed by atoms with van der Waals surface area (Å²) in [6.07, 6.45) is 0. The molecular weight excluding hydrogens is 486 g/mol. The van der Waals surface area contributed by atoms with E-state index in [9.17, 15) is 9.59 Å². The molecule has 3 N–H and O–H groups in total. The lowest BCUT2D eigenvalue weighted by Crippen LogP contribution is -2.49. The molecule has 0 saturated heterocycles. The van der Waals surface area contributed by atoms with Gasteiger partial charge in [0.15, 0.2) is 11.7 Å². The molecule has 0 spiro atoms. The van der Waals surface area contributed by atoms with Gasteiger partial charge in [-0.3, -0.25) is 25.8 Å². The van der Waals surface area contributed by atoms with Crippen LogP contribution in [-0.4, -0.2) is 23.5 Å². The van der Waals surface area contributed by atoms with Gasteiger partial charge < -0.3 is 4.74 Å². The zero-order valence-corrected chi connectivity index (χ0v) is 17.6. The van der Waals surface area contributed by atoms with Crippen molar-refractivity contribution in [1.29, 1.82) is 0 Å². The molecule has 9 heteroatoms. The van der Waals surface area contributed by atoms with Gasteiger partial charge in [-0.1, -0.05) is 28.1 Å². The Morgan fingerprint density at radius 2 is 1.81 bits per heavy atom. The van der Waals surface area contributed by atoms with Crippen molar-refractivity contribution in [2.75, 3.05) is 6.61 Å². The van der Waals surface area contributed by atoms with Gasteiger partial charge in [-0.2, -0.15) is 0 Å². The highest BCUT2D eigenvalue weighted by molar-refractivity contribution is 9.10. The minimum absolute atomic E-state index is 0.0291. The number of hydrogen-bond acceptors (Lipinski definition) is 4. The van der Waals surface area contributed by atoms with E-state index in [1.54, 1.807) is 30.3 Å². The zero-order chi connectivity index (χ0) is 19.1. The summed E-state index contributed by atoms with van der Waals surface area (Å²) in [6.45, 7) is 1.72. The van der Waals surface area contributed by atoms with Gasteiger partial charge in [0.1, 0.15) is 5.75 Å². The predicted molar refractivity (Wildman–Crippen MR) is 110 cm³/mol. The van der Waals surface area contributed by atoms with E-state index in [1.807, 2.05) is 19.1 Å². The number of amides is 2. The maximum atomic E-state index is 12.1. The SMILES string of the molecule is Cc1cc(OCC(=O)NNC(=S)NC(=O)c2ccccc2Br)ccc1Br. The number of ether oxygens (including phenoxy) is 1. The highest BCUT2D eigenvalue weighted by Gasteiger charge is 2.11. The van der Waals surface area contributed by atoms with Crippen molar-refractivity contribution in [3.63, 3.8) is 0 Å². The number of carbonyl (C=O) groups is 2. The van der Waals surface area contributed by atoms with Crippen LogP contribution in [0.3, 0.4) is 0 Å². The molecule has 0 unspecified atom stereocenters. The summed E-state index contributed by atoms with van der Waals surface area (Å²) in [5.41, 5.74) is 6.24. The predicted octanol–water partition coefficient (Wildman–Crippen LogP) is 3.23. The third-order valence-electron chi connectivity index (χ3n) is 3.16. The van der Waals surface area contributed by atoms with Crippen LogP contribution in [0.5, 0.6) is 5.75 Å². The van der Waals surface area contributed by atoms with Crippen LogP contribution in [0.2, 0.25) is 0 Å². The summed E-state index contributed by atoms with van der Waals surface area (Å²) >= 11 is 11.7. The summed E-state index contributed by atoms with van der Waals surface area (Å²) in [5, 5.41) is 2.44. The number of halogens is 2. The monoisotopic (exact) mass is 499 g/mol. The maximum absolute atomic E-state index is 12.1. The summed E-state index contributed by atoms with van der Waals surface area (Å²) in [4.78, 5) is 23.9. The highest BCUT2D eigenvalue weighted by Crippen LogP contribution is 2.21. The van der Waals surface area contributed by atoms with E-state index in [1.165, 1.54) is 0 Å². The van der Waals surface area contributed by atoms with Crippen molar-refractivity contribution in [3.05, 3.63) is 62.5 Å². The standard InChI is InChI=1S/C17H15Br2N3O3S/c1-10-8-11(6-7-13(10)18)25-9-15(23)21-22-17(26)20-16(24)12-4-2-3-5-14(12)19/h2-8H,9H2,1H3,(H,21,23)(H2,20,22,24,26). The van der Waals surface area contributed by atoms with E-state index in [0.29, 0.717) is 15.8 Å². The van der Waals surface area contributed by atoms with E-state index >= 15 is 0 Å². The number of nitrogens with one attached hydrogen (secondary N) is 3. The Morgan fingerprint density at radius 3 is 2.50 bits per heavy atom. The molecule has 0 aliphatic rings. The van der Waals surface area contributed by atoms with Crippen LogP contribution in [0.25, 0.3) is 0 Å². The van der Waals surface area contributed by atoms with Crippen molar-refractivity contribution >= 4 is 61.0 Å². The van der Waals surface area contributed by atoms with E-state index in [-0.39, 0.29) is 11.7 Å². The molecule has 26 heavy (non-hydrogen) atoms. The number of aryl methyl sites for hydroxylation is 1. The summed E-state index contributed by atoms with van der Waals surface area (Å²) in [5.74, 6) is -0.264. The van der Waals surface area contributed by atoms with Crippen LogP contribution >= 0.6 is 44.1 Å². The molecule has 0 bridgehead atoms. The quantitative estimate of drug-likeness (QED) is 0.443. The number of carbonyl (C=O) groups excluding carboxylic acids is 2. The van der Waals surface area contributed by atoms with Crippen molar-refractivity contribution in [1.82, 2.24) is 16.2 Å². The minimum Gasteiger partial charge on any atom is -0.484 e. The smallest absolute Gasteiger partial charge is 0.276 e. The largest absolute Gasteiger partial charge is 0.484 e.